The second-order valence-corrected chi connectivity index (χ2v) is 6.05. The molecular formula is C10H15NO4S. The Labute approximate surface area is 94.5 Å². The first-order chi connectivity index (χ1) is 7.59. The molecule has 1 aromatic heterocycles. The van der Waals surface area contributed by atoms with E-state index in [4.69, 9.17) is 4.42 Å². The fourth-order valence-electron chi connectivity index (χ4n) is 1.47. The van der Waals surface area contributed by atoms with Gasteiger partial charge in [-0.05, 0) is 25.3 Å². The van der Waals surface area contributed by atoms with Gasteiger partial charge < -0.3 is 9.52 Å². The maximum absolute atomic E-state index is 11.4. The van der Waals surface area contributed by atoms with Crippen molar-refractivity contribution >= 4 is 10.0 Å². The Morgan fingerprint density at radius 1 is 1.56 bits per heavy atom. The molecule has 0 aliphatic heterocycles. The number of nitrogens with one attached hydrogen (secondary N) is 1. The summed E-state index contributed by atoms with van der Waals surface area (Å²) in [6.45, 7) is 0.255. The SMILES string of the molecule is O=S(=O)(NCCC(O)c1ccoc1)C1CC1. The van der Waals surface area contributed by atoms with Gasteiger partial charge in [0.25, 0.3) is 0 Å². The molecule has 0 bridgehead atoms. The zero-order valence-corrected chi connectivity index (χ0v) is 9.61. The molecule has 0 aromatic carbocycles. The number of aliphatic hydroxyl groups is 1. The van der Waals surface area contributed by atoms with Gasteiger partial charge in [0.2, 0.25) is 10.0 Å². The molecule has 0 spiro atoms. The highest BCUT2D eigenvalue weighted by molar-refractivity contribution is 7.90. The molecule has 6 heteroatoms. The quantitative estimate of drug-likeness (QED) is 0.776. The molecule has 1 fully saturated rings. The summed E-state index contributed by atoms with van der Waals surface area (Å²) in [7, 11) is -3.14. The van der Waals surface area contributed by atoms with Crippen molar-refractivity contribution in [3.8, 4) is 0 Å². The third kappa shape index (κ3) is 2.84. The zero-order chi connectivity index (χ0) is 11.6. The summed E-state index contributed by atoms with van der Waals surface area (Å²) in [5.74, 6) is 0. The number of aliphatic hydroxyl groups excluding tert-OH is 1. The smallest absolute Gasteiger partial charge is 0.214 e. The summed E-state index contributed by atoms with van der Waals surface area (Å²) >= 11 is 0. The lowest BCUT2D eigenvalue weighted by Crippen LogP contribution is -2.28. The van der Waals surface area contributed by atoms with Gasteiger partial charge in [-0.15, -0.1) is 0 Å². The van der Waals surface area contributed by atoms with E-state index in [1.165, 1.54) is 12.5 Å². The van der Waals surface area contributed by atoms with Gasteiger partial charge in [-0.1, -0.05) is 0 Å². The molecule has 0 amide bonds. The van der Waals surface area contributed by atoms with Crippen LogP contribution in [0, 0.1) is 0 Å². The van der Waals surface area contributed by atoms with Crippen LogP contribution in [-0.2, 0) is 10.0 Å². The fourth-order valence-corrected chi connectivity index (χ4v) is 2.86. The molecule has 1 aromatic rings. The van der Waals surface area contributed by atoms with E-state index in [0.717, 1.165) is 12.8 Å². The Morgan fingerprint density at radius 2 is 2.31 bits per heavy atom. The molecule has 0 saturated heterocycles. The second-order valence-electron chi connectivity index (χ2n) is 4.00. The highest BCUT2D eigenvalue weighted by Gasteiger charge is 2.35. The predicted molar refractivity (Wildman–Crippen MR) is 58.2 cm³/mol. The van der Waals surface area contributed by atoms with Gasteiger partial charge in [-0.25, -0.2) is 13.1 Å². The summed E-state index contributed by atoms with van der Waals surface area (Å²) < 4.78 is 30.2. The summed E-state index contributed by atoms with van der Waals surface area (Å²) in [5, 5.41) is 9.46. The standard InChI is InChI=1S/C10H15NO4S/c12-10(8-4-6-15-7-8)3-5-11-16(13,14)9-1-2-9/h4,6-7,9-12H,1-3,5H2. The minimum atomic E-state index is -3.14. The fraction of sp³-hybridized carbons (Fsp3) is 0.600. The molecule has 2 rings (SSSR count). The van der Waals surface area contributed by atoms with E-state index in [-0.39, 0.29) is 11.8 Å². The summed E-state index contributed by atoms with van der Waals surface area (Å²) in [5.41, 5.74) is 0.672. The Bertz CT molecular complexity index is 422. The van der Waals surface area contributed by atoms with Crippen molar-refractivity contribution in [2.24, 2.45) is 0 Å². The van der Waals surface area contributed by atoms with Crippen LogP contribution in [0.2, 0.25) is 0 Å². The highest BCUT2D eigenvalue weighted by Crippen LogP contribution is 2.27. The van der Waals surface area contributed by atoms with Crippen molar-refractivity contribution in [2.75, 3.05) is 6.54 Å². The van der Waals surface area contributed by atoms with Gasteiger partial charge >= 0.3 is 0 Å². The Morgan fingerprint density at radius 3 is 2.88 bits per heavy atom. The number of furan rings is 1. The molecule has 1 aliphatic rings. The largest absolute Gasteiger partial charge is 0.472 e. The zero-order valence-electron chi connectivity index (χ0n) is 8.80. The van der Waals surface area contributed by atoms with Crippen molar-refractivity contribution in [2.45, 2.75) is 30.6 Å². The summed E-state index contributed by atoms with van der Waals surface area (Å²) in [4.78, 5) is 0. The third-order valence-electron chi connectivity index (χ3n) is 2.61. The maximum Gasteiger partial charge on any atom is 0.214 e. The highest BCUT2D eigenvalue weighted by atomic mass is 32.2. The topological polar surface area (TPSA) is 79.5 Å². The van der Waals surface area contributed by atoms with Crippen LogP contribution in [0.15, 0.2) is 23.0 Å². The molecule has 90 valence electrons. The Kier molecular flexibility index (Phi) is 3.32. The molecule has 1 saturated carbocycles. The van der Waals surface area contributed by atoms with E-state index in [0.29, 0.717) is 12.0 Å². The molecule has 1 unspecified atom stereocenters. The maximum atomic E-state index is 11.4. The van der Waals surface area contributed by atoms with E-state index >= 15 is 0 Å². The van der Waals surface area contributed by atoms with Gasteiger partial charge in [0, 0.05) is 12.1 Å². The van der Waals surface area contributed by atoms with Crippen LogP contribution < -0.4 is 4.72 Å². The van der Waals surface area contributed by atoms with Crippen LogP contribution in [0.3, 0.4) is 0 Å². The van der Waals surface area contributed by atoms with Crippen molar-refractivity contribution in [3.05, 3.63) is 24.2 Å². The molecule has 1 heterocycles. The van der Waals surface area contributed by atoms with Crippen LogP contribution in [0.25, 0.3) is 0 Å². The first-order valence-electron chi connectivity index (χ1n) is 5.28. The van der Waals surface area contributed by atoms with Crippen LogP contribution in [0.4, 0.5) is 0 Å². The van der Waals surface area contributed by atoms with Crippen LogP contribution in [-0.4, -0.2) is 25.3 Å². The van der Waals surface area contributed by atoms with E-state index in [1.54, 1.807) is 6.07 Å². The van der Waals surface area contributed by atoms with E-state index < -0.39 is 16.1 Å². The normalized spacial score (nSPS) is 18.6. The first-order valence-corrected chi connectivity index (χ1v) is 6.83. The van der Waals surface area contributed by atoms with Crippen molar-refractivity contribution < 1.29 is 17.9 Å². The van der Waals surface area contributed by atoms with Gasteiger partial charge in [-0.2, -0.15) is 0 Å². The molecule has 16 heavy (non-hydrogen) atoms. The number of sulfonamides is 1. The monoisotopic (exact) mass is 245 g/mol. The van der Waals surface area contributed by atoms with Gasteiger partial charge in [0.1, 0.15) is 0 Å². The minimum absolute atomic E-state index is 0.210. The van der Waals surface area contributed by atoms with Crippen LogP contribution in [0.5, 0.6) is 0 Å². The molecular weight excluding hydrogens is 230 g/mol. The Hall–Kier alpha value is -0.850. The molecule has 2 N–H and O–H groups in total. The number of rotatable bonds is 6. The van der Waals surface area contributed by atoms with E-state index in [2.05, 4.69) is 4.72 Å². The van der Waals surface area contributed by atoms with Gasteiger partial charge in [-0.3, -0.25) is 0 Å². The molecule has 5 nitrogen and oxygen atoms in total. The first kappa shape index (κ1) is 11.6. The van der Waals surface area contributed by atoms with E-state index in [1.807, 2.05) is 0 Å². The predicted octanol–water partition coefficient (Wildman–Crippen LogP) is 0.785. The van der Waals surface area contributed by atoms with Crippen LogP contribution >= 0.6 is 0 Å². The molecule has 1 aliphatic carbocycles. The summed E-state index contributed by atoms with van der Waals surface area (Å²) in [6.07, 6.45) is 4.11. The number of hydrogen-bond acceptors (Lipinski definition) is 4. The minimum Gasteiger partial charge on any atom is -0.472 e. The van der Waals surface area contributed by atoms with Crippen molar-refractivity contribution in [3.63, 3.8) is 0 Å². The average molecular weight is 245 g/mol. The van der Waals surface area contributed by atoms with E-state index in [9.17, 15) is 13.5 Å². The van der Waals surface area contributed by atoms with Gasteiger partial charge in [0.15, 0.2) is 0 Å². The van der Waals surface area contributed by atoms with Gasteiger partial charge in [0.05, 0.1) is 23.9 Å². The van der Waals surface area contributed by atoms with Crippen LogP contribution in [0.1, 0.15) is 30.9 Å². The average Bonchev–Trinajstić information content (AvgIpc) is 2.95. The molecule has 0 radical (unpaired) electrons. The molecule has 1 atom stereocenters. The number of hydrogen-bond donors (Lipinski definition) is 2. The lowest BCUT2D eigenvalue weighted by Gasteiger charge is -2.09. The van der Waals surface area contributed by atoms with Crippen molar-refractivity contribution in [1.29, 1.82) is 0 Å². The third-order valence-corrected chi connectivity index (χ3v) is 4.57. The summed E-state index contributed by atoms with van der Waals surface area (Å²) in [6, 6.07) is 1.67. The lowest BCUT2D eigenvalue weighted by molar-refractivity contribution is 0.168. The van der Waals surface area contributed by atoms with Crippen molar-refractivity contribution in [1.82, 2.24) is 4.72 Å². The lowest BCUT2D eigenvalue weighted by atomic mass is 10.1. The second kappa shape index (κ2) is 4.57. The Balaban J connectivity index is 1.76.